The van der Waals surface area contributed by atoms with Gasteiger partial charge in [-0.25, -0.2) is 4.39 Å². The fourth-order valence-corrected chi connectivity index (χ4v) is 3.08. The minimum Gasteiger partial charge on any atom is -0.365 e. The van der Waals surface area contributed by atoms with Gasteiger partial charge in [-0.2, -0.15) is 5.26 Å². The van der Waals surface area contributed by atoms with Crippen LogP contribution in [-0.2, 0) is 11.3 Å². The Morgan fingerprint density at radius 2 is 1.96 bits per heavy atom. The van der Waals surface area contributed by atoms with Crippen molar-refractivity contribution in [2.75, 3.05) is 22.9 Å². The molecule has 0 radical (unpaired) electrons. The predicted molar refractivity (Wildman–Crippen MR) is 91.3 cm³/mol. The number of fused-ring (bicyclic) bond motifs is 1. The van der Waals surface area contributed by atoms with Crippen LogP contribution in [-0.4, -0.2) is 19.0 Å². The molecule has 2 aromatic carbocycles. The number of benzene rings is 2. The number of halogens is 1. The van der Waals surface area contributed by atoms with Crippen molar-refractivity contribution < 1.29 is 9.18 Å². The monoisotopic (exact) mass is 323 g/mol. The van der Waals surface area contributed by atoms with Crippen molar-refractivity contribution in [1.29, 1.82) is 5.26 Å². The van der Waals surface area contributed by atoms with E-state index in [-0.39, 0.29) is 11.7 Å². The van der Waals surface area contributed by atoms with Gasteiger partial charge in [-0.05, 0) is 36.8 Å². The maximum Gasteiger partial charge on any atom is 0.223 e. The SMILES string of the molecule is CC(=O)N1CCCN(Cc2cc(C#N)ccc2F)c2ccccc21. The zero-order valence-electron chi connectivity index (χ0n) is 13.5. The fourth-order valence-electron chi connectivity index (χ4n) is 3.08. The second-order valence-electron chi connectivity index (χ2n) is 5.85. The zero-order valence-corrected chi connectivity index (χ0v) is 13.5. The van der Waals surface area contributed by atoms with Crippen LogP contribution < -0.4 is 9.80 Å². The summed E-state index contributed by atoms with van der Waals surface area (Å²) in [6.45, 7) is 3.28. The topological polar surface area (TPSA) is 47.3 Å². The summed E-state index contributed by atoms with van der Waals surface area (Å²) in [7, 11) is 0. The Bertz CT molecular complexity index is 812. The Morgan fingerprint density at radius 3 is 2.67 bits per heavy atom. The van der Waals surface area contributed by atoms with E-state index in [0.29, 0.717) is 24.2 Å². The lowest BCUT2D eigenvalue weighted by atomic mass is 10.1. The molecule has 0 spiro atoms. The summed E-state index contributed by atoms with van der Waals surface area (Å²) >= 11 is 0. The highest BCUT2D eigenvalue weighted by Crippen LogP contribution is 2.33. The zero-order chi connectivity index (χ0) is 17.1. The van der Waals surface area contributed by atoms with Crippen LogP contribution in [0.5, 0.6) is 0 Å². The molecule has 5 heteroatoms. The van der Waals surface area contributed by atoms with E-state index in [1.54, 1.807) is 17.9 Å². The summed E-state index contributed by atoms with van der Waals surface area (Å²) in [5.74, 6) is -0.318. The van der Waals surface area contributed by atoms with Crippen LogP contribution in [0.15, 0.2) is 42.5 Å². The van der Waals surface area contributed by atoms with Crippen molar-refractivity contribution in [2.45, 2.75) is 19.9 Å². The molecule has 0 fully saturated rings. The number of nitriles is 1. The number of hydrogen-bond acceptors (Lipinski definition) is 3. The molecule has 1 aliphatic heterocycles. The van der Waals surface area contributed by atoms with Crippen LogP contribution in [0.2, 0.25) is 0 Å². The molecule has 24 heavy (non-hydrogen) atoms. The van der Waals surface area contributed by atoms with Crippen LogP contribution in [0.25, 0.3) is 0 Å². The first-order valence-electron chi connectivity index (χ1n) is 7.91. The van der Waals surface area contributed by atoms with Gasteiger partial charge >= 0.3 is 0 Å². The summed E-state index contributed by atoms with van der Waals surface area (Å²) in [5, 5.41) is 9.03. The number of rotatable bonds is 2. The second kappa shape index (κ2) is 6.71. The summed E-state index contributed by atoms with van der Waals surface area (Å²) in [4.78, 5) is 15.8. The van der Waals surface area contributed by atoms with Crippen LogP contribution in [0.3, 0.4) is 0 Å². The van der Waals surface area contributed by atoms with Crippen molar-refractivity contribution in [2.24, 2.45) is 0 Å². The molecule has 0 saturated carbocycles. The first kappa shape index (κ1) is 16.0. The quantitative estimate of drug-likeness (QED) is 0.850. The van der Waals surface area contributed by atoms with Crippen molar-refractivity contribution in [3.63, 3.8) is 0 Å². The average molecular weight is 323 g/mol. The molecular formula is C19H18FN3O. The average Bonchev–Trinajstić information content (AvgIpc) is 2.77. The third-order valence-electron chi connectivity index (χ3n) is 4.24. The molecule has 2 aromatic rings. The van der Waals surface area contributed by atoms with Gasteiger partial charge in [0, 0.05) is 32.1 Å². The molecule has 0 bridgehead atoms. The van der Waals surface area contributed by atoms with Gasteiger partial charge in [-0.15, -0.1) is 0 Å². The molecule has 0 atom stereocenters. The predicted octanol–water partition coefficient (Wildman–Crippen LogP) is 3.46. The van der Waals surface area contributed by atoms with Crippen LogP contribution in [0.4, 0.5) is 15.8 Å². The van der Waals surface area contributed by atoms with E-state index in [0.717, 1.165) is 24.3 Å². The molecule has 0 N–H and O–H groups in total. The molecular weight excluding hydrogens is 305 g/mol. The first-order chi connectivity index (χ1) is 11.6. The van der Waals surface area contributed by atoms with Crippen molar-refractivity contribution >= 4 is 17.3 Å². The third kappa shape index (κ3) is 3.09. The first-order valence-corrected chi connectivity index (χ1v) is 7.91. The number of amides is 1. The molecule has 122 valence electrons. The van der Waals surface area contributed by atoms with Gasteiger partial charge in [0.15, 0.2) is 0 Å². The van der Waals surface area contributed by atoms with E-state index in [1.807, 2.05) is 30.3 Å². The van der Waals surface area contributed by atoms with E-state index in [4.69, 9.17) is 5.26 Å². The lowest BCUT2D eigenvalue weighted by Gasteiger charge is -2.26. The number of nitrogens with zero attached hydrogens (tertiary/aromatic N) is 3. The number of para-hydroxylation sites is 2. The standard InChI is InChI=1S/C19H18FN3O/c1-14(24)23-10-4-9-22(18-5-2-3-6-19(18)23)13-16-11-15(12-21)7-8-17(16)20/h2-3,5-8,11H,4,9-10,13H2,1H3. The highest BCUT2D eigenvalue weighted by molar-refractivity contribution is 5.95. The molecule has 4 nitrogen and oxygen atoms in total. The molecule has 0 aliphatic carbocycles. The largest absolute Gasteiger partial charge is 0.365 e. The third-order valence-corrected chi connectivity index (χ3v) is 4.24. The highest BCUT2D eigenvalue weighted by atomic mass is 19.1. The molecule has 1 aliphatic rings. The molecule has 3 rings (SSSR count). The maximum atomic E-state index is 14.1. The van der Waals surface area contributed by atoms with Gasteiger partial charge in [0.25, 0.3) is 0 Å². The van der Waals surface area contributed by atoms with E-state index in [2.05, 4.69) is 4.90 Å². The Hall–Kier alpha value is -2.87. The minimum atomic E-state index is -0.320. The van der Waals surface area contributed by atoms with Gasteiger partial charge in [-0.1, -0.05) is 12.1 Å². The summed E-state index contributed by atoms with van der Waals surface area (Å²) < 4.78 is 14.1. The van der Waals surface area contributed by atoms with Gasteiger partial charge < -0.3 is 9.80 Å². The smallest absolute Gasteiger partial charge is 0.223 e. The number of carbonyl (C=O) groups excluding carboxylic acids is 1. The van der Waals surface area contributed by atoms with Gasteiger partial charge in [0.1, 0.15) is 5.82 Å². The Balaban J connectivity index is 1.98. The minimum absolute atomic E-state index is 0.00181. The lowest BCUT2D eigenvalue weighted by molar-refractivity contribution is -0.116. The molecule has 1 heterocycles. The maximum absolute atomic E-state index is 14.1. The summed E-state index contributed by atoms with van der Waals surface area (Å²) in [6, 6.07) is 14.1. The van der Waals surface area contributed by atoms with E-state index >= 15 is 0 Å². The van der Waals surface area contributed by atoms with E-state index in [1.165, 1.54) is 12.1 Å². The van der Waals surface area contributed by atoms with Gasteiger partial charge in [0.2, 0.25) is 5.91 Å². The normalized spacial score (nSPS) is 13.9. The van der Waals surface area contributed by atoms with Gasteiger partial charge in [-0.3, -0.25) is 4.79 Å². The fraction of sp³-hybridized carbons (Fsp3) is 0.263. The Labute approximate surface area is 140 Å². The van der Waals surface area contributed by atoms with E-state index < -0.39 is 0 Å². The molecule has 0 unspecified atom stereocenters. The van der Waals surface area contributed by atoms with Crippen LogP contribution >= 0.6 is 0 Å². The second-order valence-corrected chi connectivity index (χ2v) is 5.85. The Morgan fingerprint density at radius 1 is 1.21 bits per heavy atom. The van der Waals surface area contributed by atoms with Crippen LogP contribution in [0, 0.1) is 17.1 Å². The van der Waals surface area contributed by atoms with Crippen molar-refractivity contribution in [3.05, 3.63) is 59.4 Å². The molecule has 0 aromatic heterocycles. The number of hydrogen-bond donors (Lipinski definition) is 0. The highest BCUT2D eigenvalue weighted by Gasteiger charge is 2.23. The number of carbonyl (C=O) groups is 1. The van der Waals surface area contributed by atoms with Crippen LogP contribution in [0.1, 0.15) is 24.5 Å². The van der Waals surface area contributed by atoms with Gasteiger partial charge in [0.05, 0.1) is 23.0 Å². The van der Waals surface area contributed by atoms with E-state index in [9.17, 15) is 9.18 Å². The van der Waals surface area contributed by atoms with Crippen molar-refractivity contribution in [3.8, 4) is 6.07 Å². The number of anilines is 2. The lowest BCUT2D eigenvalue weighted by Crippen LogP contribution is -2.28. The molecule has 1 amide bonds. The summed E-state index contributed by atoms with van der Waals surface area (Å²) in [6.07, 6.45) is 0.799. The Kier molecular flexibility index (Phi) is 4.48. The summed E-state index contributed by atoms with van der Waals surface area (Å²) in [5.41, 5.74) is 2.69. The van der Waals surface area contributed by atoms with Crippen molar-refractivity contribution in [1.82, 2.24) is 0 Å². The molecule has 0 saturated heterocycles.